The van der Waals surface area contributed by atoms with E-state index in [0.29, 0.717) is 18.4 Å². The van der Waals surface area contributed by atoms with Crippen molar-refractivity contribution in [1.29, 1.82) is 0 Å². The number of anilines is 1. The van der Waals surface area contributed by atoms with Crippen LogP contribution in [0.25, 0.3) is 11.3 Å². The quantitative estimate of drug-likeness (QED) is 0.489. The normalized spacial score (nSPS) is 22.5. The van der Waals surface area contributed by atoms with Crippen molar-refractivity contribution in [2.75, 3.05) is 5.73 Å². The molecule has 3 aromatic rings. The van der Waals surface area contributed by atoms with Gasteiger partial charge in [0, 0.05) is 24.9 Å². The molecule has 1 saturated carbocycles. The minimum Gasteiger partial charge on any atom is -0.397 e. The lowest BCUT2D eigenvalue weighted by Crippen LogP contribution is -2.39. The zero-order valence-corrected chi connectivity index (χ0v) is 18.4. The average Bonchev–Trinajstić information content (AvgIpc) is 2.78. The summed E-state index contributed by atoms with van der Waals surface area (Å²) in [6, 6.07) is 5.66. The molecule has 2 aromatic heterocycles. The van der Waals surface area contributed by atoms with E-state index in [4.69, 9.17) is 5.73 Å². The molecule has 4 N–H and O–H groups in total. The fraction of sp³-hybridized carbons (Fsp3) is 0.320. The smallest absolute Gasteiger partial charge is 0.187 e. The Morgan fingerprint density at radius 2 is 1.82 bits per heavy atom. The van der Waals surface area contributed by atoms with E-state index in [2.05, 4.69) is 9.97 Å². The van der Waals surface area contributed by atoms with Crippen molar-refractivity contribution < 1.29 is 28.2 Å². The van der Waals surface area contributed by atoms with Crippen LogP contribution in [0.2, 0.25) is 0 Å². The Labute approximate surface area is 194 Å². The van der Waals surface area contributed by atoms with E-state index in [1.165, 1.54) is 6.20 Å². The van der Waals surface area contributed by atoms with Gasteiger partial charge in [-0.15, -0.1) is 0 Å². The molecule has 34 heavy (non-hydrogen) atoms. The second-order valence-corrected chi connectivity index (χ2v) is 8.73. The Morgan fingerprint density at radius 1 is 1.12 bits per heavy atom. The van der Waals surface area contributed by atoms with Gasteiger partial charge in [-0.25, -0.2) is 18.2 Å². The molecular weight excluding hydrogens is 447 g/mol. The molecule has 4 atom stereocenters. The van der Waals surface area contributed by atoms with Crippen LogP contribution >= 0.6 is 0 Å². The molecule has 4 rings (SSSR count). The SMILES string of the molecule is C[C@H]1C[C@@H](c2ccncc2CC(=O)c2nc(-c3c(F)cccc3F)c(F)cc2N)C[C@@H](O)[C@@H]1O. The third-order valence-corrected chi connectivity index (χ3v) is 6.36. The van der Waals surface area contributed by atoms with E-state index in [-0.39, 0.29) is 29.6 Å². The number of Topliss-reactive ketones (excluding diaryl/α,β-unsaturated/α-hetero) is 1. The Hall–Kier alpha value is -3.30. The summed E-state index contributed by atoms with van der Waals surface area (Å²) in [4.78, 5) is 21.1. The number of carbonyl (C=O) groups excluding carboxylic acids is 1. The summed E-state index contributed by atoms with van der Waals surface area (Å²) in [6.45, 7) is 1.85. The molecular formula is C25H24F3N3O3. The number of pyridine rings is 2. The van der Waals surface area contributed by atoms with Gasteiger partial charge in [0.05, 0.1) is 23.5 Å². The van der Waals surface area contributed by atoms with Gasteiger partial charge in [-0.05, 0) is 54.0 Å². The number of ketones is 1. The van der Waals surface area contributed by atoms with Crippen LogP contribution in [0, 0.1) is 23.4 Å². The minimum atomic E-state index is -1.05. The van der Waals surface area contributed by atoms with Crippen LogP contribution in [-0.4, -0.2) is 38.2 Å². The third-order valence-electron chi connectivity index (χ3n) is 6.36. The highest BCUT2D eigenvalue weighted by Gasteiger charge is 2.35. The summed E-state index contributed by atoms with van der Waals surface area (Å²) >= 11 is 0. The molecule has 1 fully saturated rings. The zero-order valence-electron chi connectivity index (χ0n) is 18.4. The second-order valence-electron chi connectivity index (χ2n) is 8.73. The Balaban J connectivity index is 1.67. The molecule has 6 nitrogen and oxygen atoms in total. The summed E-state index contributed by atoms with van der Waals surface area (Å²) in [5.41, 5.74) is 5.33. The van der Waals surface area contributed by atoms with Crippen LogP contribution in [0.4, 0.5) is 18.9 Å². The molecule has 1 aromatic carbocycles. The molecule has 0 saturated heterocycles. The van der Waals surface area contributed by atoms with Gasteiger partial charge in [0.15, 0.2) is 11.6 Å². The lowest BCUT2D eigenvalue weighted by Gasteiger charge is -2.36. The van der Waals surface area contributed by atoms with Crippen LogP contribution in [0.3, 0.4) is 0 Å². The lowest BCUT2D eigenvalue weighted by molar-refractivity contribution is -0.0457. The molecule has 2 heterocycles. The summed E-state index contributed by atoms with van der Waals surface area (Å²) in [5, 5.41) is 20.3. The van der Waals surface area contributed by atoms with Gasteiger partial charge >= 0.3 is 0 Å². The van der Waals surface area contributed by atoms with Crippen LogP contribution in [0.15, 0.2) is 42.7 Å². The fourth-order valence-corrected chi connectivity index (χ4v) is 4.61. The Kier molecular flexibility index (Phi) is 6.67. The average molecular weight is 471 g/mol. The number of hydrogen-bond acceptors (Lipinski definition) is 6. The molecule has 9 heteroatoms. The number of aromatic nitrogens is 2. The summed E-state index contributed by atoms with van der Waals surface area (Å²) in [5.74, 6) is -3.91. The number of carbonyl (C=O) groups is 1. The maximum Gasteiger partial charge on any atom is 0.187 e. The number of nitrogens with two attached hydrogens (primary N) is 1. The van der Waals surface area contributed by atoms with Crippen LogP contribution in [0.5, 0.6) is 0 Å². The van der Waals surface area contributed by atoms with Crippen LogP contribution in [0.1, 0.15) is 47.3 Å². The van der Waals surface area contributed by atoms with E-state index in [1.807, 2.05) is 6.92 Å². The highest BCUT2D eigenvalue weighted by molar-refractivity contribution is 6.00. The Morgan fingerprint density at radius 3 is 2.50 bits per heavy atom. The maximum absolute atomic E-state index is 14.5. The molecule has 0 aliphatic heterocycles. The van der Waals surface area contributed by atoms with Gasteiger partial charge < -0.3 is 15.9 Å². The maximum atomic E-state index is 14.5. The Bertz CT molecular complexity index is 1210. The van der Waals surface area contributed by atoms with E-state index < -0.39 is 46.7 Å². The zero-order chi connectivity index (χ0) is 24.6. The molecule has 1 aliphatic carbocycles. The highest BCUT2D eigenvalue weighted by Crippen LogP contribution is 2.38. The number of nitrogen functional groups attached to an aromatic ring is 1. The van der Waals surface area contributed by atoms with Crippen molar-refractivity contribution in [3.63, 3.8) is 0 Å². The van der Waals surface area contributed by atoms with Crippen molar-refractivity contribution >= 4 is 11.5 Å². The van der Waals surface area contributed by atoms with Crippen molar-refractivity contribution in [1.82, 2.24) is 9.97 Å². The number of halogens is 3. The van der Waals surface area contributed by atoms with E-state index in [0.717, 1.165) is 29.8 Å². The number of aliphatic hydroxyl groups excluding tert-OH is 2. The number of aliphatic hydroxyl groups is 2. The first-order chi connectivity index (χ1) is 16.2. The first-order valence-corrected chi connectivity index (χ1v) is 10.9. The summed E-state index contributed by atoms with van der Waals surface area (Å²) in [7, 11) is 0. The monoisotopic (exact) mass is 471 g/mol. The highest BCUT2D eigenvalue weighted by atomic mass is 19.1. The number of hydrogen-bond donors (Lipinski definition) is 3. The standard InChI is InChI=1S/C25H24F3N3O3/c1-12-7-13(8-21(33)25(12)34)15-5-6-30-11-14(15)9-20(32)24-19(29)10-18(28)23(31-24)22-16(26)3-2-4-17(22)27/h2-6,10-13,21,25,33-34H,7-9,29H2,1H3/t12-,13+,21+,25+/m0/s1. The largest absolute Gasteiger partial charge is 0.397 e. The summed E-state index contributed by atoms with van der Waals surface area (Å²) in [6.07, 6.45) is 2.14. The van der Waals surface area contributed by atoms with Gasteiger partial charge in [-0.3, -0.25) is 9.78 Å². The van der Waals surface area contributed by atoms with E-state index in [1.54, 1.807) is 12.3 Å². The molecule has 0 spiro atoms. The molecule has 178 valence electrons. The van der Waals surface area contributed by atoms with Crippen molar-refractivity contribution in [2.45, 2.75) is 44.3 Å². The predicted octanol–water partition coefficient (Wildman–Crippen LogP) is 3.80. The van der Waals surface area contributed by atoms with Gasteiger partial charge in [0.2, 0.25) is 0 Å². The van der Waals surface area contributed by atoms with Gasteiger partial charge in [-0.1, -0.05) is 13.0 Å². The predicted molar refractivity (Wildman–Crippen MR) is 119 cm³/mol. The topological polar surface area (TPSA) is 109 Å². The van der Waals surface area contributed by atoms with Crippen LogP contribution < -0.4 is 5.73 Å². The number of rotatable bonds is 5. The third kappa shape index (κ3) is 4.53. The van der Waals surface area contributed by atoms with Crippen LogP contribution in [-0.2, 0) is 6.42 Å². The van der Waals surface area contributed by atoms with E-state index >= 15 is 0 Å². The fourth-order valence-electron chi connectivity index (χ4n) is 4.61. The van der Waals surface area contributed by atoms with Crippen molar-refractivity contribution in [3.8, 4) is 11.3 Å². The first kappa shape index (κ1) is 23.8. The van der Waals surface area contributed by atoms with Crippen molar-refractivity contribution in [3.05, 3.63) is 77.0 Å². The van der Waals surface area contributed by atoms with E-state index in [9.17, 15) is 28.2 Å². The molecule has 0 unspecified atom stereocenters. The van der Waals surface area contributed by atoms with Gasteiger partial charge in [0.25, 0.3) is 0 Å². The number of nitrogens with zero attached hydrogens (tertiary/aromatic N) is 2. The molecule has 0 bridgehead atoms. The van der Waals surface area contributed by atoms with Gasteiger partial charge in [-0.2, -0.15) is 0 Å². The second kappa shape index (κ2) is 9.52. The molecule has 0 radical (unpaired) electrons. The number of benzene rings is 1. The minimum absolute atomic E-state index is 0.110. The first-order valence-electron chi connectivity index (χ1n) is 10.9. The van der Waals surface area contributed by atoms with Gasteiger partial charge in [0.1, 0.15) is 23.0 Å². The lowest BCUT2D eigenvalue weighted by atomic mass is 9.74. The van der Waals surface area contributed by atoms with Crippen molar-refractivity contribution in [2.24, 2.45) is 5.92 Å². The summed E-state index contributed by atoms with van der Waals surface area (Å²) < 4.78 is 43.0. The molecule has 1 aliphatic rings. The molecule has 0 amide bonds.